The van der Waals surface area contributed by atoms with Gasteiger partial charge in [0, 0.05) is 23.7 Å². The van der Waals surface area contributed by atoms with Crippen LogP contribution in [0.5, 0.6) is 5.75 Å². The number of nitrogens with one attached hydrogen (secondary N) is 1. The SMILES string of the molecule is Cc1cnc(C(CCC(C)C)NC(=O)Cc2ccc(OCc3cccnc3C)cc2)c(C)c1. The first kappa shape index (κ1) is 24.4. The van der Waals surface area contributed by atoms with E-state index in [4.69, 9.17) is 4.74 Å². The predicted molar refractivity (Wildman–Crippen MR) is 132 cm³/mol. The van der Waals surface area contributed by atoms with Crippen molar-refractivity contribution in [1.29, 1.82) is 0 Å². The molecular formula is C28H35N3O2. The number of pyridine rings is 2. The summed E-state index contributed by atoms with van der Waals surface area (Å²) in [5, 5.41) is 3.23. The Hall–Kier alpha value is -3.21. The van der Waals surface area contributed by atoms with Gasteiger partial charge in [-0.1, -0.05) is 38.1 Å². The summed E-state index contributed by atoms with van der Waals surface area (Å²) in [6, 6.07) is 13.7. The Bertz CT molecular complexity index is 1060. The number of amides is 1. The topological polar surface area (TPSA) is 64.1 Å². The van der Waals surface area contributed by atoms with E-state index < -0.39 is 0 Å². The standard InChI is InChI=1S/C28H35N3O2/c1-19(2)8-13-26(28-21(4)15-20(3)17-30-28)31-27(32)16-23-9-11-25(12-10-23)33-18-24-7-6-14-29-22(24)5/h6-7,9-12,14-15,17,19,26H,8,13,16,18H2,1-5H3,(H,31,32). The second kappa shape index (κ2) is 11.6. The van der Waals surface area contributed by atoms with Crippen LogP contribution in [0.4, 0.5) is 0 Å². The minimum atomic E-state index is -0.0779. The molecule has 1 aromatic carbocycles. The summed E-state index contributed by atoms with van der Waals surface area (Å²) in [6.07, 6.45) is 5.89. The molecule has 174 valence electrons. The van der Waals surface area contributed by atoms with E-state index in [1.807, 2.05) is 56.4 Å². The highest BCUT2D eigenvalue weighted by atomic mass is 16.5. The van der Waals surface area contributed by atoms with Crippen molar-refractivity contribution in [3.8, 4) is 5.75 Å². The van der Waals surface area contributed by atoms with Gasteiger partial charge in [-0.3, -0.25) is 14.8 Å². The Kier molecular flexibility index (Phi) is 8.58. The number of hydrogen-bond acceptors (Lipinski definition) is 4. The molecule has 1 N–H and O–H groups in total. The van der Waals surface area contributed by atoms with Crippen molar-refractivity contribution in [2.24, 2.45) is 5.92 Å². The molecule has 3 rings (SSSR count). The van der Waals surface area contributed by atoms with Gasteiger partial charge in [0.2, 0.25) is 5.91 Å². The highest BCUT2D eigenvalue weighted by molar-refractivity contribution is 5.79. The maximum atomic E-state index is 12.9. The van der Waals surface area contributed by atoms with Gasteiger partial charge in [0.25, 0.3) is 0 Å². The summed E-state index contributed by atoms with van der Waals surface area (Å²) >= 11 is 0. The minimum absolute atomic E-state index is 0.00480. The predicted octanol–water partition coefficient (Wildman–Crippen LogP) is 5.82. The highest BCUT2D eigenvalue weighted by Gasteiger charge is 2.19. The van der Waals surface area contributed by atoms with E-state index in [9.17, 15) is 4.79 Å². The van der Waals surface area contributed by atoms with E-state index in [1.54, 1.807) is 6.20 Å². The number of ether oxygens (including phenoxy) is 1. The second-order valence-electron chi connectivity index (χ2n) is 9.16. The third-order valence-corrected chi connectivity index (χ3v) is 5.75. The van der Waals surface area contributed by atoms with Gasteiger partial charge in [-0.05, 0) is 74.4 Å². The monoisotopic (exact) mass is 445 g/mol. The number of nitrogens with zero attached hydrogens (tertiary/aromatic N) is 2. The van der Waals surface area contributed by atoms with Crippen LogP contribution in [-0.2, 0) is 17.8 Å². The van der Waals surface area contributed by atoms with E-state index in [0.717, 1.165) is 52.2 Å². The third-order valence-electron chi connectivity index (χ3n) is 5.75. The number of hydrogen-bond donors (Lipinski definition) is 1. The molecule has 3 aromatic rings. The van der Waals surface area contributed by atoms with Crippen LogP contribution in [0.25, 0.3) is 0 Å². The van der Waals surface area contributed by atoms with E-state index in [-0.39, 0.29) is 11.9 Å². The van der Waals surface area contributed by atoms with Gasteiger partial charge in [0.1, 0.15) is 12.4 Å². The summed E-state index contributed by atoms with van der Waals surface area (Å²) in [6.45, 7) is 11.0. The first-order chi connectivity index (χ1) is 15.8. The average molecular weight is 446 g/mol. The molecule has 33 heavy (non-hydrogen) atoms. The first-order valence-corrected chi connectivity index (χ1v) is 11.7. The van der Waals surface area contributed by atoms with Crippen molar-refractivity contribution < 1.29 is 9.53 Å². The Morgan fingerprint density at radius 2 is 1.79 bits per heavy atom. The fraction of sp³-hybridized carbons (Fsp3) is 0.393. The smallest absolute Gasteiger partial charge is 0.224 e. The lowest BCUT2D eigenvalue weighted by atomic mass is 9.97. The highest BCUT2D eigenvalue weighted by Crippen LogP contribution is 2.23. The van der Waals surface area contributed by atoms with Gasteiger partial charge in [-0.2, -0.15) is 0 Å². The fourth-order valence-corrected chi connectivity index (χ4v) is 3.83. The van der Waals surface area contributed by atoms with Crippen LogP contribution in [0.1, 0.15) is 66.4 Å². The zero-order valence-corrected chi connectivity index (χ0v) is 20.4. The molecule has 0 saturated heterocycles. The zero-order chi connectivity index (χ0) is 23.8. The minimum Gasteiger partial charge on any atom is -0.489 e. The molecule has 1 unspecified atom stereocenters. The van der Waals surface area contributed by atoms with Gasteiger partial charge in [-0.25, -0.2) is 0 Å². The van der Waals surface area contributed by atoms with Crippen LogP contribution >= 0.6 is 0 Å². The molecule has 0 bridgehead atoms. The summed E-state index contributed by atoms with van der Waals surface area (Å²) < 4.78 is 5.88. The molecule has 2 aromatic heterocycles. The van der Waals surface area contributed by atoms with Crippen molar-refractivity contribution in [2.75, 3.05) is 0 Å². The number of benzene rings is 1. The van der Waals surface area contributed by atoms with Crippen molar-refractivity contribution in [3.05, 3.63) is 88.5 Å². The molecule has 0 saturated carbocycles. The number of aryl methyl sites for hydroxylation is 3. The quantitative estimate of drug-likeness (QED) is 0.427. The molecule has 2 heterocycles. The van der Waals surface area contributed by atoms with E-state index in [2.05, 4.69) is 42.1 Å². The van der Waals surface area contributed by atoms with Crippen LogP contribution < -0.4 is 10.1 Å². The number of carbonyl (C=O) groups excluding carboxylic acids is 1. The van der Waals surface area contributed by atoms with E-state index in [0.29, 0.717) is 18.9 Å². The lowest BCUT2D eigenvalue weighted by Crippen LogP contribution is -2.31. The van der Waals surface area contributed by atoms with Crippen molar-refractivity contribution in [1.82, 2.24) is 15.3 Å². The largest absolute Gasteiger partial charge is 0.489 e. The maximum Gasteiger partial charge on any atom is 0.224 e. The van der Waals surface area contributed by atoms with Crippen LogP contribution in [0.3, 0.4) is 0 Å². The van der Waals surface area contributed by atoms with Gasteiger partial charge in [0.15, 0.2) is 0 Å². The van der Waals surface area contributed by atoms with Crippen LogP contribution in [0.15, 0.2) is 54.9 Å². The lowest BCUT2D eigenvalue weighted by Gasteiger charge is -2.21. The number of rotatable bonds is 10. The first-order valence-electron chi connectivity index (χ1n) is 11.7. The van der Waals surface area contributed by atoms with Crippen LogP contribution in [0, 0.1) is 26.7 Å². The average Bonchev–Trinajstić information content (AvgIpc) is 2.77. The van der Waals surface area contributed by atoms with Gasteiger partial charge >= 0.3 is 0 Å². The summed E-state index contributed by atoms with van der Waals surface area (Å²) in [4.78, 5) is 21.8. The Morgan fingerprint density at radius 3 is 2.45 bits per heavy atom. The van der Waals surface area contributed by atoms with Crippen molar-refractivity contribution in [2.45, 2.75) is 66.5 Å². The van der Waals surface area contributed by atoms with Gasteiger partial charge < -0.3 is 10.1 Å². The normalized spacial score (nSPS) is 11.9. The fourth-order valence-electron chi connectivity index (χ4n) is 3.83. The Morgan fingerprint density at radius 1 is 1.03 bits per heavy atom. The molecule has 0 fully saturated rings. The Labute approximate surface area is 197 Å². The van der Waals surface area contributed by atoms with Gasteiger partial charge in [-0.15, -0.1) is 0 Å². The third kappa shape index (κ3) is 7.41. The summed E-state index contributed by atoms with van der Waals surface area (Å²) in [5.41, 5.74) is 6.20. The second-order valence-corrected chi connectivity index (χ2v) is 9.16. The zero-order valence-electron chi connectivity index (χ0n) is 20.4. The molecule has 1 atom stereocenters. The molecule has 0 radical (unpaired) electrons. The van der Waals surface area contributed by atoms with Gasteiger partial charge in [0.05, 0.1) is 18.2 Å². The molecule has 0 aliphatic heterocycles. The van der Waals surface area contributed by atoms with Crippen molar-refractivity contribution in [3.63, 3.8) is 0 Å². The lowest BCUT2D eigenvalue weighted by molar-refractivity contribution is -0.121. The molecule has 0 aliphatic carbocycles. The summed E-state index contributed by atoms with van der Waals surface area (Å²) in [7, 11) is 0. The van der Waals surface area contributed by atoms with Crippen molar-refractivity contribution >= 4 is 5.91 Å². The molecule has 5 nitrogen and oxygen atoms in total. The molecular weight excluding hydrogens is 410 g/mol. The number of aromatic nitrogens is 2. The van der Waals surface area contributed by atoms with Crippen LogP contribution in [-0.4, -0.2) is 15.9 Å². The number of carbonyl (C=O) groups is 1. The molecule has 0 aliphatic rings. The molecule has 0 spiro atoms. The maximum absolute atomic E-state index is 12.9. The Balaban J connectivity index is 1.60. The van der Waals surface area contributed by atoms with E-state index >= 15 is 0 Å². The molecule has 1 amide bonds. The summed E-state index contributed by atoms with van der Waals surface area (Å²) in [5.74, 6) is 1.35. The van der Waals surface area contributed by atoms with E-state index in [1.165, 1.54) is 0 Å². The molecule has 5 heteroatoms. The van der Waals surface area contributed by atoms with Crippen LogP contribution in [0.2, 0.25) is 0 Å².